The molecule has 6 heteroatoms. The lowest BCUT2D eigenvalue weighted by atomic mass is 10.1. The van der Waals surface area contributed by atoms with Gasteiger partial charge in [-0.1, -0.05) is 12.1 Å². The molecule has 0 aliphatic carbocycles. The molecule has 1 atom stereocenters. The zero-order chi connectivity index (χ0) is 15.0. The van der Waals surface area contributed by atoms with Crippen LogP contribution in [0.3, 0.4) is 0 Å². The van der Waals surface area contributed by atoms with Gasteiger partial charge in [-0.15, -0.1) is 0 Å². The topological polar surface area (TPSA) is 102 Å². The molecule has 0 spiro atoms. The van der Waals surface area contributed by atoms with Crippen molar-refractivity contribution < 1.29 is 19.4 Å². The smallest absolute Gasteiger partial charge is 0.248 e. The fourth-order valence-corrected chi connectivity index (χ4v) is 1.52. The van der Waals surface area contributed by atoms with E-state index in [4.69, 9.17) is 15.6 Å². The number of methoxy groups -OCH3 is 1. The van der Waals surface area contributed by atoms with E-state index in [2.05, 4.69) is 5.32 Å². The molecule has 0 fully saturated rings. The van der Waals surface area contributed by atoms with Gasteiger partial charge in [-0.25, -0.2) is 0 Å². The first-order chi connectivity index (χ1) is 9.56. The number of aliphatic hydroxyl groups excluding tert-OH is 1. The minimum Gasteiger partial charge on any atom is -0.394 e. The summed E-state index contributed by atoms with van der Waals surface area (Å²) in [4.78, 5) is 22.5. The van der Waals surface area contributed by atoms with Crippen LogP contribution in [0.15, 0.2) is 30.3 Å². The monoisotopic (exact) mass is 278 g/mol. The van der Waals surface area contributed by atoms with E-state index < -0.39 is 11.9 Å². The molecule has 0 radical (unpaired) electrons. The van der Waals surface area contributed by atoms with Gasteiger partial charge in [-0.2, -0.15) is 0 Å². The quantitative estimate of drug-likeness (QED) is 0.607. The zero-order valence-electron chi connectivity index (χ0n) is 11.2. The molecule has 1 aromatic carbocycles. The Hall–Kier alpha value is -2.18. The Labute approximate surface area is 117 Å². The number of nitrogens with two attached hydrogens (primary N) is 1. The van der Waals surface area contributed by atoms with Crippen LogP contribution in [0.5, 0.6) is 0 Å². The molecule has 1 aromatic rings. The minimum absolute atomic E-state index is 0.194. The fourth-order valence-electron chi connectivity index (χ4n) is 1.52. The molecule has 6 nitrogen and oxygen atoms in total. The van der Waals surface area contributed by atoms with Crippen molar-refractivity contribution in [3.63, 3.8) is 0 Å². The highest BCUT2D eigenvalue weighted by atomic mass is 16.5. The number of hydrogen-bond donors (Lipinski definition) is 3. The number of aliphatic hydroxyl groups is 1. The summed E-state index contributed by atoms with van der Waals surface area (Å²) >= 11 is 0. The van der Waals surface area contributed by atoms with E-state index in [0.29, 0.717) is 5.56 Å². The van der Waals surface area contributed by atoms with Crippen LogP contribution in [0, 0.1) is 0 Å². The normalized spacial score (nSPS) is 12.3. The fraction of sp³-hybridized carbons (Fsp3) is 0.286. The lowest BCUT2D eigenvalue weighted by molar-refractivity contribution is -0.117. The van der Waals surface area contributed by atoms with Crippen molar-refractivity contribution in [2.75, 3.05) is 20.3 Å². The van der Waals surface area contributed by atoms with Crippen molar-refractivity contribution >= 4 is 17.9 Å². The first kappa shape index (κ1) is 15.9. The van der Waals surface area contributed by atoms with Gasteiger partial charge in [0.05, 0.1) is 19.3 Å². The lowest BCUT2D eigenvalue weighted by Gasteiger charge is -2.13. The van der Waals surface area contributed by atoms with Crippen molar-refractivity contribution in [3.05, 3.63) is 41.5 Å². The standard InChI is InChI=1S/C14H18N2O4/c1-20-9-12(8-17)16-13(18)7-4-10-2-5-11(6-3-10)14(15)19/h2-7,12,17H,8-9H2,1H3,(H2,15,19)(H,16,18)/b7-4+. The second-order valence-corrected chi connectivity index (χ2v) is 4.16. The molecule has 0 aliphatic rings. The predicted molar refractivity (Wildman–Crippen MR) is 74.9 cm³/mol. The van der Waals surface area contributed by atoms with Crippen LogP contribution in [0.4, 0.5) is 0 Å². The summed E-state index contributed by atoms with van der Waals surface area (Å²) in [6, 6.07) is 6.10. The predicted octanol–water partition coefficient (Wildman–Crippen LogP) is -0.0778. The molecule has 2 amide bonds. The second-order valence-electron chi connectivity index (χ2n) is 4.16. The molecule has 1 rings (SSSR count). The van der Waals surface area contributed by atoms with Crippen molar-refractivity contribution in [2.45, 2.75) is 6.04 Å². The van der Waals surface area contributed by atoms with Crippen molar-refractivity contribution in [2.24, 2.45) is 5.73 Å². The van der Waals surface area contributed by atoms with Gasteiger partial charge >= 0.3 is 0 Å². The molecule has 0 aromatic heterocycles. The summed E-state index contributed by atoms with van der Waals surface area (Å²) in [5, 5.41) is 11.6. The third kappa shape index (κ3) is 5.21. The first-order valence-electron chi connectivity index (χ1n) is 6.05. The maximum atomic E-state index is 11.6. The third-order valence-corrected chi connectivity index (χ3v) is 2.56. The van der Waals surface area contributed by atoms with E-state index in [-0.39, 0.29) is 19.1 Å². The summed E-state index contributed by atoms with van der Waals surface area (Å²) in [5.74, 6) is -0.830. The summed E-state index contributed by atoms with van der Waals surface area (Å²) in [7, 11) is 1.49. The molecule has 0 saturated carbocycles. The molecule has 0 aliphatic heterocycles. The maximum absolute atomic E-state index is 11.6. The second kappa shape index (κ2) is 8.08. The number of ether oxygens (including phenoxy) is 1. The van der Waals surface area contributed by atoms with Gasteiger partial charge in [-0.3, -0.25) is 9.59 Å². The average Bonchev–Trinajstić information content (AvgIpc) is 2.45. The van der Waals surface area contributed by atoms with Crippen LogP contribution in [0.25, 0.3) is 6.08 Å². The van der Waals surface area contributed by atoms with Crippen molar-refractivity contribution in [1.82, 2.24) is 5.32 Å². The van der Waals surface area contributed by atoms with E-state index in [0.717, 1.165) is 5.56 Å². The maximum Gasteiger partial charge on any atom is 0.248 e. The Bertz CT molecular complexity index is 482. The SMILES string of the molecule is COCC(CO)NC(=O)/C=C/c1ccc(C(N)=O)cc1. The number of amides is 2. The molecule has 4 N–H and O–H groups in total. The number of hydrogen-bond acceptors (Lipinski definition) is 4. The number of carbonyl (C=O) groups excluding carboxylic acids is 2. The van der Waals surface area contributed by atoms with Gasteiger partial charge in [0.2, 0.25) is 11.8 Å². The minimum atomic E-state index is -0.497. The van der Waals surface area contributed by atoms with Crippen molar-refractivity contribution in [1.29, 1.82) is 0 Å². The van der Waals surface area contributed by atoms with E-state index in [1.165, 1.54) is 13.2 Å². The average molecular weight is 278 g/mol. The molecule has 108 valence electrons. The first-order valence-corrected chi connectivity index (χ1v) is 6.05. The van der Waals surface area contributed by atoms with E-state index in [1.807, 2.05) is 0 Å². The summed E-state index contributed by atoms with van der Waals surface area (Å²) < 4.78 is 4.85. The number of benzene rings is 1. The number of primary amides is 1. The Kier molecular flexibility index (Phi) is 6.42. The van der Waals surface area contributed by atoms with Gasteiger partial charge in [-0.05, 0) is 23.8 Å². The van der Waals surface area contributed by atoms with Crippen molar-refractivity contribution in [3.8, 4) is 0 Å². The van der Waals surface area contributed by atoms with Gasteiger partial charge in [0, 0.05) is 18.7 Å². The zero-order valence-corrected chi connectivity index (χ0v) is 11.2. The molecule has 0 bridgehead atoms. The number of rotatable bonds is 7. The lowest BCUT2D eigenvalue weighted by Crippen LogP contribution is -2.39. The van der Waals surface area contributed by atoms with Crippen LogP contribution >= 0.6 is 0 Å². The molecule has 0 saturated heterocycles. The van der Waals surface area contributed by atoms with Crippen LogP contribution in [0.2, 0.25) is 0 Å². The Morgan fingerprint density at radius 2 is 2.05 bits per heavy atom. The summed E-state index contributed by atoms with van der Waals surface area (Å²) in [6.07, 6.45) is 2.94. The van der Waals surface area contributed by atoms with E-state index in [1.54, 1.807) is 30.3 Å². The molecule has 0 heterocycles. The third-order valence-electron chi connectivity index (χ3n) is 2.56. The van der Waals surface area contributed by atoms with Gasteiger partial charge in [0.15, 0.2) is 0 Å². The molecule has 20 heavy (non-hydrogen) atoms. The Balaban J connectivity index is 2.58. The van der Waals surface area contributed by atoms with Crippen LogP contribution in [0.1, 0.15) is 15.9 Å². The number of nitrogens with one attached hydrogen (secondary N) is 1. The van der Waals surface area contributed by atoms with E-state index in [9.17, 15) is 9.59 Å². The Morgan fingerprint density at radius 3 is 2.55 bits per heavy atom. The number of carbonyl (C=O) groups is 2. The van der Waals surface area contributed by atoms with Crippen LogP contribution in [-0.2, 0) is 9.53 Å². The van der Waals surface area contributed by atoms with Crippen LogP contribution in [-0.4, -0.2) is 43.3 Å². The highest BCUT2D eigenvalue weighted by Gasteiger charge is 2.08. The van der Waals surface area contributed by atoms with Gasteiger partial charge in [0.1, 0.15) is 0 Å². The van der Waals surface area contributed by atoms with Gasteiger partial charge in [0.25, 0.3) is 0 Å². The Morgan fingerprint density at radius 1 is 1.40 bits per heavy atom. The molecular weight excluding hydrogens is 260 g/mol. The molecular formula is C14H18N2O4. The summed E-state index contributed by atoms with van der Waals surface area (Å²) in [6.45, 7) is 0.0458. The van der Waals surface area contributed by atoms with Gasteiger partial charge < -0.3 is 20.9 Å². The van der Waals surface area contributed by atoms with Crippen LogP contribution < -0.4 is 11.1 Å². The highest BCUT2D eigenvalue weighted by molar-refractivity contribution is 5.94. The van der Waals surface area contributed by atoms with E-state index >= 15 is 0 Å². The largest absolute Gasteiger partial charge is 0.394 e. The molecule has 1 unspecified atom stereocenters. The summed E-state index contributed by atoms with van der Waals surface area (Å²) in [5.41, 5.74) is 6.30. The highest BCUT2D eigenvalue weighted by Crippen LogP contribution is 2.05.